The molecule has 36 heavy (non-hydrogen) atoms. The zero-order chi connectivity index (χ0) is 26.7. The molecule has 3 rings (SSSR count). The van der Waals surface area contributed by atoms with Crippen molar-refractivity contribution in [2.24, 2.45) is 0 Å². The quantitative estimate of drug-likeness (QED) is 0.105. The summed E-state index contributed by atoms with van der Waals surface area (Å²) in [5.74, 6) is -2.14. The number of benzene rings is 2. The molecule has 3 amide bonds. The molecule has 192 valence electrons. The van der Waals surface area contributed by atoms with Crippen LogP contribution in [0.4, 0.5) is 5.69 Å². The molecule has 0 aromatic heterocycles. The first-order valence-electron chi connectivity index (χ1n) is 10.9. The van der Waals surface area contributed by atoms with E-state index in [1.807, 2.05) is 19.9 Å². The number of unbranched alkanes of at least 4 members (excludes halogenated alkanes) is 2. The van der Waals surface area contributed by atoms with E-state index in [4.69, 9.17) is 51.1 Å². The van der Waals surface area contributed by atoms with Gasteiger partial charge in [0.2, 0.25) is 0 Å². The van der Waals surface area contributed by atoms with Crippen molar-refractivity contribution in [3.63, 3.8) is 0 Å². The summed E-state index contributed by atoms with van der Waals surface area (Å²) in [6.07, 6.45) is 1.52. The maximum absolute atomic E-state index is 12.7. The Hall–Kier alpha value is -1.84. The highest BCUT2D eigenvalue weighted by Gasteiger charge is 2.41. The number of anilines is 1. The van der Waals surface area contributed by atoms with Crippen LogP contribution in [0.1, 0.15) is 57.5 Å². The van der Waals surface area contributed by atoms with E-state index in [0.29, 0.717) is 24.9 Å². The van der Waals surface area contributed by atoms with Crippen molar-refractivity contribution < 1.29 is 23.9 Å². The molecule has 0 aliphatic carbocycles. The standard InChI is InChI=1S/C24H21BrCl4N2O5/c1-11-12(2)14(8-7-13(11)25)30-15(32)10-36-16(33)6-4-3-5-9-31-23(34)17-18(24(31)35)20(27)22(29)21(28)19(17)26/h7-8H,3-6,9-10H2,1-2H3,(H,30,32). The molecule has 0 atom stereocenters. The van der Waals surface area contributed by atoms with Gasteiger partial charge in [-0.05, 0) is 49.9 Å². The second kappa shape index (κ2) is 12.1. The Balaban J connectivity index is 1.41. The zero-order valence-corrected chi connectivity index (χ0v) is 23.9. The molecule has 0 unspecified atom stereocenters. The molecule has 1 heterocycles. The Morgan fingerprint density at radius 3 is 2.06 bits per heavy atom. The minimum atomic E-state index is -0.595. The predicted octanol–water partition coefficient (Wildman–Crippen LogP) is 7.02. The summed E-state index contributed by atoms with van der Waals surface area (Å²) in [5, 5.41) is 2.34. The van der Waals surface area contributed by atoms with E-state index in [2.05, 4.69) is 21.2 Å². The van der Waals surface area contributed by atoms with Crippen molar-refractivity contribution in [1.82, 2.24) is 4.90 Å². The number of ether oxygens (including phenoxy) is 1. The van der Waals surface area contributed by atoms with Crippen LogP contribution in [0.3, 0.4) is 0 Å². The lowest BCUT2D eigenvalue weighted by molar-refractivity contribution is -0.147. The topological polar surface area (TPSA) is 92.8 Å². The zero-order valence-electron chi connectivity index (χ0n) is 19.3. The van der Waals surface area contributed by atoms with Crippen molar-refractivity contribution >= 4 is 91.7 Å². The van der Waals surface area contributed by atoms with Crippen LogP contribution in [-0.4, -0.2) is 41.7 Å². The van der Waals surface area contributed by atoms with E-state index in [1.165, 1.54) is 0 Å². The summed E-state index contributed by atoms with van der Waals surface area (Å²) in [6.45, 7) is 3.53. The monoisotopic (exact) mass is 636 g/mol. The molecule has 0 saturated heterocycles. The normalized spacial score (nSPS) is 12.7. The number of hydrogen-bond acceptors (Lipinski definition) is 5. The average molecular weight is 639 g/mol. The van der Waals surface area contributed by atoms with Gasteiger partial charge in [0.05, 0.1) is 31.2 Å². The lowest BCUT2D eigenvalue weighted by Gasteiger charge is -2.13. The van der Waals surface area contributed by atoms with E-state index < -0.39 is 30.3 Å². The summed E-state index contributed by atoms with van der Waals surface area (Å²) >= 11 is 27.7. The van der Waals surface area contributed by atoms with Crippen LogP contribution in [-0.2, 0) is 14.3 Å². The number of amides is 3. The summed E-state index contributed by atoms with van der Waals surface area (Å²) in [7, 11) is 0. The first-order chi connectivity index (χ1) is 17.0. The van der Waals surface area contributed by atoms with Crippen LogP contribution < -0.4 is 5.32 Å². The molecule has 0 radical (unpaired) electrons. The van der Waals surface area contributed by atoms with Crippen molar-refractivity contribution in [3.05, 3.63) is 58.9 Å². The van der Waals surface area contributed by atoms with Crippen LogP contribution in [0.5, 0.6) is 0 Å². The number of hydrogen-bond donors (Lipinski definition) is 1. The van der Waals surface area contributed by atoms with Gasteiger partial charge in [0.15, 0.2) is 6.61 Å². The largest absolute Gasteiger partial charge is 0.456 e. The third kappa shape index (κ3) is 6.00. The smallest absolute Gasteiger partial charge is 0.306 e. The van der Waals surface area contributed by atoms with Gasteiger partial charge in [-0.3, -0.25) is 24.1 Å². The molecular formula is C24H21BrCl4N2O5. The highest BCUT2D eigenvalue weighted by atomic mass is 79.9. The number of carbonyl (C=O) groups excluding carboxylic acids is 4. The molecule has 0 fully saturated rings. The van der Waals surface area contributed by atoms with E-state index in [0.717, 1.165) is 20.5 Å². The first kappa shape index (κ1) is 28.7. The van der Waals surface area contributed by atoms with E-state index >= 15 is 0 Å². The fourth-order valence-electron chi connectivity index (χ4n) is 3.64. The van der Waals surface area contributed by atoms with Gasteiger partial charge in [0.25, 0.3) is 17.7 Å². The van der Waals surface area contributed by atoms with Crippen molar-refractivity contribution in [2.45, 2.75) is 39.5 Å². The van der Waals surface area contributed by atoms with Gasteiger partial charge in [-0.1, -0.05) is 68.8 Å². The Kier molecular flexibility index (Phi) is 9.68. The fraction of sp³-hybridized carbons (Fsp3) is 0.333. The number of imide groups is 1. The van der Waals surface area contributed by atoms with Gasteiger partial charge in [0, 0.05) is 23.1 Å². The third-order valence-corrected chi connectivity index (χ3v) is 8.47. The van der Waals surface area contributed by atoms with Crippen LogP contribution in [0.15, 0.2) is 16.6 Å². The second-order valence-corrected chi connectivity index (χ2v) is 10.5. The molecule has 12 heteroatoms. The average Bonchev–Trinajstić information content (AvgIpc) is 3.09. The number of halogens is 5. The molecule has 0 spiro atoms. The van der Waals surface area contributed by atoms with Gasteiger partial charge in [-0.2, -0.15) is 0 Å². The molecular weight excluding hydrogens is 618 g/mol. The first-order valence-corrected chi connectivity index (χ1v) is 13.2. The molecule has 0 saturated carbocycles. The van der Waals surface area contributed by atoms with Gasteiger partial charge in [-0.15, -0.1) is 0 Å². The molecule has 1 aliphatic heterocycles. The predicted molar refractivity (Wildman–Crippen MR) is 144 cm³/mol. The number of rotatable bonds is 9. The molecule has 2 aromatic rings. The Morgan fingerprint density at radius 1 is 0.889 bits per heavy atom. The van der Waals surface area contributed by atoms with Gasteiger partial charge in [-0.25, -0.2) is 0 Å². The van der Waals surface area contributed by atoms with Crippen molar-refractivity contribution in [2.75, 3.05) is 18.5 Å². The van der Waals surface area contributed by atoms with Crippen LogP contribution in [0, 0.1) is 13.8 Å². The molecule has 0 bridgehead atoms. The highest BCUT2D eigenvalue weighted by Crippen LogP contribution is 2.44. The fourth-order valence-corrected chi connectivity index (χ4v) is 5.09. The van der Waals surface area contributed by atoms with Crippen LogP contribution in [0.2, 0.25) is 20.1 Å². The highest BCUT2D eigenvalue weighted by molar-refractivity contribution is 9.10. The summed E-state index contributed by atoms with van der Waals surface area (Å²) in [6, 6.07) is 3.60. The maximum atomic E-state index is 12.7. The lowest BCUT2D eigenvalue weighted by Crippen LogP contribution is -2.30. The maximum Gasteiger partial charge on any atom is 0.306 e. The van der Waals surface area contributed by atoms with Crippen LogP contribution >= 0.6 is 62.3 Å². The molecule has 2 aromatic carbocycles. The summed E-state index contributed by atoms with van der Waals surface area (Å²) in [5.41, 5.74) is 2.45. The van der Waals surface area contributed by atoms with Crippen LogP contribution in [0.25, 0.3) is 0 Å². The van der Waals surface area contributed by atoms with Gasteiger partial charge in [0.1, 0.15) is 0 Å². The SMILES string of the molecule is Cc1c(Br)ccc(NC(=O)COC(=O)CCCCCN2C(=O)c3c(Cl)c(Cl)c(Cl)c(Cl)c3C2=O)c1C. The number of nitrogens with zero attached hydrogens (tertiary/aromatic N) is 1. The van der Waals surface area contributed by atoms with Gasteiger partial charge >= 0.3 is 5.97 Å². The molecule has 1 aliphatic rings. The summed E-state index contributed by atoms with van der Waals surface area (Å²) in [4.78, 5) is 50.6. The number of carbonyl (C=O) groups is 4. The van der Waals surface area contributed by atoms with E-state index in [9.17, 15) is 19.2 Å². The van der Waals surface area contributed by atoms with Crippen molar-refractivity contribution in [1.29, 1.82) is 0 Å². The Bertz CT molecular complexity index is 1220. The minimum Gasteiger partial charge on any atom is -0.456 e. The van der Waals surface area contributed by atoms with E-state index in [-0.39, 0.29) is 44.2 Å². The Morgan fingerprint density at radius 2 is 1.47 bits per heavy atom. The number of fused-ring (bicyclic) bond motifs is 1. The number of esters is 1. The summed E-state index contributed by atoms with van der Waals surface area (Å²) < 4.78 is 5.98. The third-order valence-electron chi connectivity index (χ3n) is 5.81. The number of nitrogens with one attached hydrogen (secondary N) is 1. The minimum absolute atomic E-state index is 0.0589. The lowest BCUT2D eigenvalue weighted by atomic mass is 10.1. The second-order valence-electron chi connectivity index (χ2n) is 8.13. The van der Waals surface area contributed by atoms with Gasteiger partial charge < -0.3 is 10.1 Å². The van der Waals surface area contributed by atoms with E-state index in [1.54, 1.807) is 6.07 Å². The Labute approximate surface area is 236 Å². The van der Waals surface area contributed by atoms with Crippen molar-refractivity contribution in [3.8, 4) is 0 Å². The molecule has 1 N–H and O–H groups in total. The molecule has 7 nitrogen and oxygen atoms in total.